The Kier molecular flexibility index (Phi) is 9.19. The molecule has 0 radical (unpaired) electrons. The van der Waals surface area contributed by atoms with Crippen molar-refractivity contribution in [3.63, 3.8) is 0 Å². The number of amides is 1. The van der Waals surface area contributed by atoms with Crippen molar-refractivity contribution < 1.29 is 18.3 Å². The van der Waals surface area contributed by atoms with E-state index in [1.807, 2.05) is 0 Å². The minimum Gasteiger partial charge on any atom is -0.383 e. The number of carbonyl (C=O) groups is 1. The number of rotatable bonds is 10. The Morgan fingerprint density at radius 1 is 1.26 bits per heavy atom. The second-order valence-electron chi connectivity index (χ2n) is 8.62. The summed E-state index contributed by atoms with van der Waals surface area (Å²) >= 11 is 0. The van der Waals surface area contributed by atoms with Crippen molar-refractivity contribution >= 4 is 5.91 Å². The molecule has 31 heavy (non-hydrogen) atoms. The average Bonchev–Trinajstić information content (AvgIpc) is 3.18. The zero-order valence-corrected chi connectivity index (χ0v) is 18.7. The highest BCUT2D eigenvalue weighted by Crippen LogP contribution is 2.27. The van der Waals surface area contributed by atoms with E-state index in [4.69, 9.17) is 4.74 Å². The molecule has 2 fully saturated rings. The highest BCUT2D eigenvalue weighted by atomic mass is 19.1. The fourth-order valence-electron chi connectivity index (χ4n) is 4.77. The molecule has 1 aromatic rings. The summed E-state index contributed by atoms with van der Waals surface area (Å²) in [6.07, 6.45) is 3.95. The standard InChI is InChI=1S/C23H36F2N4O2/c1-3-9-28-10-6-20(7-11-28)29-16-19(14-22(29)23(30)26-8-12-31-2)27-15-17-4-5-18(24)13-21(17)25/h4-5,13,19-20,22,27H,3,6-12,14-16H2,1-2H3,(H,26,30)/t19-,22+/m1/s1. The Bertz CT molecular complexity index is 713. The number of hydrogen-bond acceptors (Lipinski definition) is 5. The normalized spacial score (nSPS) is 23.4. The molecule has 0 unspecified atom stereocenters. The summed E-state index contributed by atoms with van der Waals surface area (Å²) in [6, 6.07) is 3.92. The molecular formula is C23H36F2N4O2. The van der Waals surface area contributed by atoms with Crippen LogP contribution >= 0.6 is 0 Å². The van der Waals surface area contributed by atoms with E-state index in [2.05, 4.69) is 27.4 Å². The number of methoxy groups -OCH3 is 1. The zero-order chi connectivity index (χ0) is 22.2. The van der Waals surface area contributed by atoms with Crippen molar-refractivity contribution in [2.24, 2.45) is 0 Å². The molecule has 0 bridgehead atoms. The van der Waals surface area contributed by atoms with Crippen molar-refractivity contribution in [1.82, 2.24) is 20.4 Å². The largest absolute Gasteiger partial charge is 0.383 e. The van der Waals surface area contributed by atoms with Gasteiger partial charge in [0, 0.05) is 50.5 Å². The summed E-state index contributed by atoms with van der Waals surface area (Å²) in [7, 11) is 1.62. The molecule has 2 aliphatic rings. The molecule has 174 valence electrons. The van der Waals surface area contributed by atoms with E-state index in [0.717, 1.165) is 51.5 Å². The third-order valence-electron chi connectivity index (χ3n) is 6.41. The van der Waals surface area contributed by atoms with Crippen LogP contribution in [0.25, 0.3) is 0 Å². The van der Waals surface area contributed by atoms with Crippen LogP contribution in [0.5, 0.6) is 0 Å². The molecule has 2 atom stereocenters. The van der Waals surface area contributed by atoms with Crippen LogP contribution in [-0.2, 0) is 16.1 Å². The van der Waals surface area contributed by atoms with E-state index >= 15 is 0 Å². The Hall–Kier alpha value is -1.61. The van der Waals surface area contributed by atoms with Gasteiger partial charge < -0.3 is 20.3 Å². The van der Waals surface area contributed by atoms with E-state index in [9.17, 15) is 13.6 Å². The van der Waals surface area contributed by atoms with Gasteiger partial charge in [0.25, 0.3) is 0 Å². The number of hydrogen-bond donors (Lipinski definition) is 2. The van der Waals surface area contributed by atoms with E-state index < -0.39 is 11.6 Å². The molecule has 1 amide bonds. The van der Waals surface area contributed by atoms with E-state index in [1.165, 1.54) is 12.1 Å². The maximum atomic E-state index is 14.0. The number of halogens is 2. The van der Waals surface area contributed by atoms with Gasteiger partial charge in [-0.3, -0.25) is 9.69 Å². The molecule has 1 aromatic carbocycles. The van der Waals surface area contributed by atoms with Gasteiger partial charge in [-0.1, -0.05) is 13.0 Å². The molecule has 0 aliphatic carbocycles. The van der Waals surface area contributed by atoms with Crippen molar-refractivity contribution in [3.05, 3.63) is 35.4 Å². The number of nitrogens with zero attached hydrogens (tertiary/aromatic N) is 2. The Morgan fingerprint density at radius 3 is 2.71 bits per heavy atom. The Balaban J connectivity index is 1.61. The van der Waals surface area contributed by atoms with Crippen LogP contribution in [0, 0.1) is 11.6 Å². The number of benzene rings is 1. The Morgan fingerprint density at radius 2 is 2.03 bits per heavy atom. The number of piperidine rings is 1. The van der Waals surface area contributed by atoms with E-state index in [1.54, 1.807) is 7.11 Å². The Labute approximate surface area is 184 Å². The second kappa shape index (κ2) is 11.9. The highest BCUT2D eigenvalue weighted by Gasteiger charge is 2.40. The van der Waals surface area contributed by atoms with E-state index in [0.29, 0.717) is 37.7 Å². The van der Waals surface area contributed by atoms with Crippen LogP contribution in [0.2, 0.25) is 0 Å². The van der Waals surface area contributed by atoms with Gasteiger partial charge in [0.15, 0.2) is 0 Å². The maximum Gasteiger partial charge on any atom is 0.237 e. The molecule has 2 saturated heterocycles. The van der Waals surface area contributed by atoms with Gasteiger partial charge in [0.05, 0.1) is 12.6 Å². The van der Waals surface area contributed by atoms with Crippen LogP contribution in [-0.4, -0.2) is 80.3 Å². The van der Waals surface area contributed by atoms with Crippen molar-refractivity contribution in [2.75, 3.05) is 46.4 Å². The minimum absolute atomic E-state index is 0.0327. The predicted molar refractivity (Wildman–Crippen MR) is 117 cm³/mol. The lowest BCUT2D eigenvalue weighted by Crippen LogP contribution is -2.51. The third kappa shape index (κ3) is 6.68. The zero-order valence-electron chi connectivity index (χ0n) is 18.7. The number of carbonyl (C=O) groups excluding carboxylic acids is 1. The molecule has 0 spiro atoms. The first-order valence-corrected chi connectivity index (χ1v) is 11.4. The second-order valence-corrected chi connectivity index (χ2v) is 8.62. The fraction of sp³-hybridized carbons (Fsp3) is 0.696. The highest BCUT2D eigenvalue weighted by molar-refractivity contribution is 5.82. The number of likely N-dealkylation sites (tertiary alicyclic amines) is 2. The first-order valence-electron chi connectivity index (χ1n) is 11.4. The third-order valence-corrected chi connectivity index (χ3v) is 6.41. The van der Waals surface area contributed by atoms with Crippen molar-refractivity contribution in [2.45, 2.75) is 57.3 Å². The molecule has 0 aromatic heterocycles. The summed E-state index contributed by atoms with van der Waals surface area (Å²) in [5.74, 6) is -1.08. The predicted octanol–water partition coefficient (Wildman–Crippen LogP) is 2.13. The first kappa shape index (κ1) is 24.0. The summed E-state index contributed by atoms with van der Waals surface area (Å²) in [6.45, 7) is 7.50. The van der Waals surface area contributed by atoms with Gasteiger partial charge in [0.2, 0.25) is 5.91 Å². The van der Waals surface area contributed by atoms with Crippen molar-refractivity contribution in [1.29, 1.82) is 0 Å². The fourth-order valence-corrected chi connectivity index (χ4v) is 4.77. The summed E-state index contributed by atoms with van der Waals surface area (Å²) in [5, 5.41) is 6.38. The van der Waals surface area contributed by atoms with Gasteiger partial charge in [-0.05, 0) is 51.4 Å². The molecule has 8 heteroatoms. The molecule has 2 aliphatic heterocycles. The summed E-state index contributed by atoms with van der Waals surface area (Å²) < 4.78 is 32.2. The minimum atomic E-state index is -0.574. The number of ether oxygens (including phenoxy) is 1. The maximum absolute atomic E-state index is 14.0. The van der Waals surface area contributed by atoms with Gasteiger partial charge in [0.1, 0.15) is 11.6 Å². The van der Waals surface area contributed by atoms with Gasteiger partial charge in [-0.2, -0.15) is 0 Å². The van der Waals surface area contributed by atoms with Crippen LogP contribution in [0.4, 0.5) is 8.78 Å². The first-order chi connectivity index (χ1) is 15.0. The number of nitrogens with one attached hydrogen (secondary N) is 2. The summed E-state index contributed by atoms with van der Waals surface area (Å²) in [4.78, 5) is 17.7. The quantitative estimate of drug-likeness (QED) is 0.548. The lowest BCUT2D eigenvalue weighted by atomic mass is 10.0. The lowest BCUT2D eigenvalue weighted by Gasteiger charge is -2.39. The lowest BCUT2D eigenvalue weighted by molar-refractivity contribution is -0.126. The van der Waals surface area contributed by atoms with Gasteiger partial charge in [-0.15, -0.1) is 0 Å². The topological polar surface area (TPSA) is 56.8 Å². The summed E-state index contributed by atoms with van der Waals surface area (Å²) in [5.41, 5.74) is 0.439. The molecular weight excluding hydrogens is 402 g/mol. The van der Waals surface area contributed by atoms with Crippen LogP contribution < -0.4 is 10.6 Å². The van der Waals surface area contributed by atoms with E-state index in [-0.39, 0.29) is 18.0 Å². The molecule has 2 N–H and O–H groups in total. The average molecular weight is 439 g/mol. The monoisotopic (exact) mass is 438 g/mol. The molecule has 3 rings (SSSR count). The van der Waals surface area contributed by atoms with Gasteiger partial charge in [-0.25, -0.2) is 8.78 Å². The van der Waals surface area contributed by atoms with Crippen molar-refractivity contribution in [3.8, 4) is 0 Å². The van der Waals surface area contributed by atoms with Crippen LogP contribution in [0.1, 0.15) is 38.2 Å². The molecule has 0 saturated carbocycles. The van der Waals surface area contributed by atoms with Crippen LogP contribution in [0.3, 0.4) is 0 Å². The van der Waals surface area contributed by atoms with Gasteiger partial charge >= 0.3 is 0 Å². The van der Waals surface area contributed by atoms with Crippen LogP contribution in [0.15, 0.2) is 18.2 Å². The molecule has 6 nitrogen and oxygen atoms in total. The smallest absolute Gasteiger partial charge is 0.237 e. The SMILES string of the molecule is CCCN1CCC(N2C[C@H](NCc3ccc(F)cc3F)C[C@H]2C(=O)NCCOC)CC1. The molecule has 2 heterocycles.